The van der Waals surface area contributed by atoms with Crippen molar-refractivity contribution in [3.8, 4) is 0 Å². The lowest BCUT2D eigenvalue weighted by Crippen LogP contribution is -2.24. The van der Waals surface area contributed by atoms with Gasteiger partial charge >= 0.3 is 0 Å². The predicted octanol–water partition coefficient (Wildman–Crippen LogP) is 5.51. The molecule has 24 heavy (non-hydrogen) atoms. The highest BCUT2D eigenvalue weighted by Gasteiger charge is 2.23. The van der Waals surface area contributed by atoms with Crippen LogP contribution in [0, 0.1) is 0 Å². The molecule has 126 valence electrons. The van der Waals surface area contributed by atoms with E-state index in [0.717, 1.165) is 19.3 Å². The van der Waals surface area contributed by atoms with E-state index in [1.807, 2.05) is 13.8 Å². The van der Waals surface area contributed by atoms with Gasteiger partial charge in [0.25, 0.3) is 0 Å². The summed E-state index contributed by atoms with van der Waals surface area (Å²) in [7, 11) is 0. The van der Waals surface area contributed by atoms with Gasteiger partial charge in [-0.15, -0.1) is 0 Å². The van der Waals surface area contributed by atoms with Crippen molar-refractivity contribution in [2.45, 2.75) is 58.4 Å². The SMILES string of the molecule is CC.NC1CCCC(=C2c3ccccc3CCc3ccccc32)C1. The maximum Gasteiger partial charge on any atom is 0.00765 e. The second-order valence-electron chi connectivity index (χ2n) is 6.65. The maximum atomic E-state index is 6.28. The van der Waals surface area contributed by atoms with Crippen LogP contribution < -0.4 is 5.73 Å². The molecule has 1 saturated carbocycles. The van der Waals surface area contributed by atoms with E-state index >= 15 is 0 Å². The van der Waals surface area contributed by atoms with Gasteiger partial charge in [-0.1, -0.05) is 68.0 Å². The van der Waals surface area contributed by atoms with Gasteiger partial charge in [-0.05, 0) is 66.4 Å². The minimum absolute atomic E-state index is 0.332. The Morgan fingerprint density at radius 3 is 1.88 bits per heavy atom. The molecule has 0 amide bonds. The average molecular weight is 319 g/mol. The Balaban J connectivity index is 0.000000815. The predicted molar refractivity (Wildman–Crippen MR) is 104 cm³/mol. The molecule has 0 aliphatic heterocycles. The van der Waals surface area contributed by atoms with Crippen molar-refractivity contribution in [2.75, 3.05) is 0 Å². The van der Waals surface area contributed by atoms with Crippen molar-refractivity contribution in [3.63, 3.8) is 0 Å². The number of rotatable bonds is 0. The van der Waals surface area contributed by atoms with Crippen molar-refractivity contribution in [1.82, 2.24) is 0 Å². The van der Waals surface area contributed by atoms with Gasteiger partial charge in [-0.3, -0.25) is 0 Å². The van der Waals surface area contributed by atoms with Gasteiger partial charge in [0, 0.05) is 6.04 Å². The molecule has 0 aromatic heterocycles. The monoisotopic (exact) mass is 319 g/mol. The summed E-state index contributed by atoms with van der Waals surface area (Å²) in [6.45, 7) is 4.00. The van der Waals surface area contributed by atoms with Crippen LogP contribution in [0.5, 0.6) is 0 Å². The van der Waals surface area contributed by atoms with Crippen LogP contribution in [0.25, 0.3) is 5.57 Å². The van der Waals surface area contributed by atoms with Crippen molar-refractivity contribution in [1.29, 1.82) is 0 Å². The second-order valence-corrected chi connectivity index (χ2v) is 6.65. The van der Waals surface area contributed by atoms with Crippen LogP contribution in [0.2, 0.25) is 0 Å². The zero-order valence-corrected chi connectivity index (χ0v) is 15.0. The molecule has 0 radical (unpaired) electrons. The van der Waals surface area contributed by atoms with Gasteiger partial charge in [0.15, 0.2) is 0 Å². The van der Waals surface area contributed by atoms with Crippen molar-refractivity contribution in [2.24, 2.45) is 5.73 Å². The fraction of sp³-hybridized carbons (Fsp3) is 0.391. The van der Waals surface area contributed by atoms with Crippen molar-refractivity contribution >= 4 is 5.57 Å². The van der Waals surface area contributed by atoms with Crippen LogP contribution in [0.1, 0.15) is 61.8 Å². The van der Waals surface area contributed by atoms with E-state index in [-0.39, 0.29) is 0 Å². The molecule has 2 aliphatic rings. The Bertz CT molecular complexity index is 677. The first-order valence-corrected chi connectivity index (χ1v) is 9.47. The van der Waals surface area contributed by atoms with Crippen LogP contribution in [0.3, 0.4) is 0 Å². The average Bonchev–Trinajstić information content (AvgIpc) is 2.80. The quantitative estimate of drug-likeness (QED) is 0.680. The largest absolute Gasteiger partial charge is 0.327 e. The normalized spacial score (nSPS) is 19.5. The first-order valence-electron chi connectivity index (χ1n) is 9.47. The molecule has 2 N–H and O–H groups in total. The fourth-order valence-electron chi connectivity index (χ4n) is 4.09. The maximum absolute atomic E-state index is 6.28. The summed E-state index contributed by atoms with van der Waals surface area (Å²) < 4.78 is 0. The molecular weight excluding hydrogens is 290 g/mol. The van der Waals surface area contributed by atoms with Crippen LogP contribution in [0.4, 0.5) is 0 Å². The Labute approximate surface area is 146 Å². The molecular formula is C23H29N. The van der Waals surface area contributed by atoms with Gasteiger partial charge < -0.3 is 5.73 Å². The number of benzene rings is 2. The van der Waals surface area contributed by atoms with Crippen molar-refractivity contribution in [3.05, 3.63) is 76.4 Å². The molecule has 0 spiro atoms. The zero-order chi connectivity index (χ0) is 16.9. The smallest absolute Gasteiger partial charge is 0.00765 e. The summed E-state index contributed by atoms with van der Waals surface area (Å²) in [5, 5.41) is 0. The number of fused-ring (bicyclic) bond motifs is 2. The summed E-state index contributed by atoms with van der Waals surface area (Å²) >= 11 is 0. The third-order valence-electron chi connectivity index (χ3n) is 5.15. The summed E-state index contributed by atoms with van der Waals surface area (Å²) in [5.74, 6) is 0. The standard InChI is InChI=1S/C21H23N.C2H6/c22-18-9-5-8-17(14-18)21-19-10-3-1-6-15(19)12-13-16-7-2-4-11-20(16)21;1-2/h1-4,6-7,10-11,18H,5,8-9,12-14,22H2;1-2H3. The Morgan fingerprint density at radius 1 is 0.792 bits per heavy atom. The molecule has 2 aromatic carbocycles. The highest BCUT2D eigenvalue weighted by atomic mass is 14.6. The third kappa shape index (κ3) is 3.32. The minimum Gasteiger partial charge on any atom is -0.327 e. The summed E-state index contributed by atoms with van der Waals surface area (Å²) in [6.07, 6.45) is 6.92. The van der Waals surface area contributed by atoms with Gasteiger partial charge in [-0.25, -0.2) is 0 Å². The molecule has 4 rings (SSSR count). The Kier molecular flexibility index (Phi) is 5.52. The van der Waals surface area contributed by atoms with Crippen LogP contribution in [0.15, 0.2) is 54.1 Å². The first kappa shape index (κ1) is 17.0. The Hall–Kier alpha value is -1.86. The van der Waals surface area contributed by atoms with Gasteiger partial charge in [0.2, 0.25) is 0 Å². The van der Waals surface area contributed by atoms with Crippen LogP contribution in [-0.4, -0.2) is 6.04 Å². The van der Waals surface area contributed by atoms with E-state index in [2.05, 4.69) is 48.5 Å². The first-order chi connectivity index (χ1) is 11.8. The molecule has 0 heterocycles. The number of nitrogens with two attached hydrogens (primary N) is 1. The molecule has 1 fully saturated rings. The van der Waals surface area contributed by atoms with Crippen LogP contribution >= 0.6 is 0 Å². The zero-order valence-electron chi connectivity index (χ0n) is 15.0. The molecule has 1 unspecified atom stereocenters. The molecule has 1 heteroatoms. The van der Waals surface area contributed by atoms with Gasteiger partial charge in [0.1, 0.15) is 0 Å². The lowest BCUT2D eigenvalue weighted by molar-refractivity contribution is 0.519. The molecule has 0 bridgehead atoms. The molecule has 1 nitrogen and oxygen atoms in total. The lowest BCUT2D eigenvalue weighted by Gasteiger charge is -2.25. The molecule has 2 aliphatic carbocycles. The number of aryl methyl sites for hydroxylation is 2. The topological polar surface area (TPSA) is 26.0 Å². The summed E-state index contributed by atoms with van der Waals surface area (Å²) in [4.78, 5) is 0. The van der Waals surface area contributed by atoms with E-state index in [9.17, 15) is 0 Å². The van der Waals surface area contributed by atoms with E-state index in [0.29, 0.717) is 6.04 Å². The van der Waals surface area contributed by atoms with E-state index in [4.69, 9.17) is 5.73 Å². The van der Waals surface area contributed by atoms with Gasteiger partial charge in [-0.2, -0.15) is 0 Å². The molecule has 1 atom stereocenters. The number of hydrogen-bond donors (Lipinski definition) is 1. The Morgan fingerprint density at radius 2 is 1.33 bits per heavy atom. The fourth-order valence-corrected chi connectivity index (χ4v) is 4.09. The lowest BCUT2D eigenvalue weighted by atomic mass is 9.82. The third-order valence-corrected chi connectivity index (χ3v) is 5.15. The highest BCUT2D eigenvalue weighted by Crippen LogP contribution is 2.39. The van der Waals surface area contributed by atoms with Crippen LogP contribution in [-0.2, 0) is 12.8 Å². The molecule has 2 aromatic rings. The number of hydrogen-bond acceptors (Lipinski definition) is 1. The second kappa shape index (κ2) is 7.81. The summed E-state index contributed by atoms with van der Waals surface area (Å²) in [6, 6.07) is 18.2. The molecule has 0 saturated heterocycles. The van der Waals surface area contributed by atoms with Crippen molar-refractivity contribution < 1.29 is 0 Å². The minimum atomic E-state index is 0.332. The summed E-state index contributed by atoms with van der Waals surface area (Å²) in [5.41, 5.74) is 15.2. The van der Waals surface area contributed by atoms with E-state index < -0.39 is 0 Å². The van der Waals surface area contributed by atoms with Gasteiger partial charge in [0.05, 0.1) is 0 Å². The highest BCUT2D eigenvalue weighted by molar-refractivity contribution is 5.86. The van der Waals surface area contributed by atoms with E-state index in [1.165, 1.54) is 47.1 Å². The van der Waals surface area contributed by atoms with E-state index in [1.54, 1.807) is 5.57 Å².